The molecule has 4 rings (SSSR count). The second-order valence-corrected chi connectivity index (χ2v) is 7.73. The van der Waals surface area contributed by atoms with E-state index in [1.807, 2.05) is 0 Å². The monoisotopic (exact) mass is 321 g/mol. The van der Waals surface area contributed by atoms with E-state index in [1.165, 1.54) is 42.8 Å². The first-order chi connectivity index (χ1) is 11.7. The Kier molecular flexibility index (Phi) is 4.05. The summed E-state index contributed by atoms with van der Waals surface area (Å²) < 4.78 is 2.16. The number of likely N-dealkylation sites (tertiary alicyclic amines) is 1. The second kappa shape index (κ2) is 6.21. The molecule has 2 aromatic rings. The van der Waals surface area contributed by atoms with Gasteiger partial charge in [0.05, 0.1) is 11.9 Å². The molecule has 3 nitrogen and oxygen atoms in total. The van der Waals surface area contributed by atoms with E-state index in [1.54, 1.807) is 0 Å². The predicted molar refractivity (Wildman–Crippen MR) is 98.7 cm³/mol. The Labute approximate surface area is 145 Å². The van der Waals surface area contributed by atoms with Crippen molar-refractivity contribution >= 4 is 6.08 Å². The first-order valence-corrected chi connectivity index (χ1v) is 9.17. The van der Waals surface area contributed by atoms with Crippen LogP contribution < -0.4 is 0 Å². The molecule has 0 atom stereocenters. The molecule has 1 fully saturated rings. The SMILES string of the molecule is CC(C)n1ncc2c1C=CC1(CCN(Cc3ccccc3)CC1)C2. The molecule has 126 valence electrons. The van der Waals surface area contributed by atoms with E-state index < -0.39 is 0 Å². The highest BCUT2D eigenvalue weighted by molar-refractivity contribution is 5.54. The normalized spacial score (nSPS) is 19.8. The number of allylic oxidation sites excluding steroid dienone is 1. The molecule has 0 radical (unpaired) electrons. The molecular weight excluding hydrogens is 294 g/mol. The second-order valence-electron chi connectivity index (χ2n) is 7.73. The molecule has 1 aliphatic heterocycles. The molecule has 0 N–H and O–H groups in total. The summed E-state index contributed by atoms with van der Waals surface area (Å²) in [5.41, 5.74) is 4.53. The Balaban J connectivity index is 1.43. The van der Waals surface area contributed by atoms with Crippen molar-refractivity contribution < 1.29 is 0 Å². The van der Waals surface area contributed by atoms with Crippen molar-refractivity contribution in [3.8, 4) is 0 Å². The molecule has 2 heterocycles. The van der Waals surface area contributed by atoms with E-state index in [9.17, 15) is 0 Å². The fourth-order valence-corrected chi connectivity index (χ4v) is 4.17. The van der Waals surface area contributed by atoms with Gasteiger partial charge in [-0.05, 0) is 68.8 Å². The van der Waals surface area contributed by atoms with Crippen LogP contribution in [0.25, 0.3) is 6.08 Å². The highest BCUT2D eigenvalue weighted by Gasteiger charge is 2.35. The molecule has 0 amide bonds. The number of hydrogen-bond donors (Lipinski definition) is 0. The molecule has 1 aliphatic carbocycles. The smallest absolute Gasteiger partial charge is 0.0642 e. The van der Waals surface area contributed by atoms with Gasteiger partial charge in [0.25, 0.3) is 0 Å². The van der Waals surface area contributed by atoms with Crippen LogP contribution in [0.1, 0.15) is 49.6 Å². The number of fused-ring (bicyclic) bond motifs is 1. The Morgan fingerprint density at radius 1 is 1.12 bits per heavy atom. The Bertz CT molecular complexity index is 719. The van der Waals surface area contributed by atoms with Crippen LogP contribution in [-0.4, -0.2) is 27.8 Å². The summed E-state index contributed by atoms with van der Waals surface area (Å²) in [6, 6.07) is 11.3. The van der Waals surface area contributed by atoms with Crippen LogP contribution in [0, 0.1) is 5.41 Å². The fraction of sp³-hybridized carbons (Fsp3) is 0.476. The number of rotatable bonds is 3. The molecule has 1 aromatic carbocycles. The van der Waals surface area contributed by atoms with Crippen LogP contribution in [0.2, 0.25) is 0 Å². The first-order valence-electron chi connectivity index (χ1n) is 9.17. The predicted octanol–water partition coefficient (Wildman–Crippen LogP) is 4.32. The lowest BCUT2D eigenvalue weighted by Crippen LogP contribution is -2.40. The summed E-state index contributed by atoms with van der Waals surface area (Å²) in [5.74, 6) is 0. The molecule has 0 bridgehead atoms. The third kappa shape index (κ3) is 2.93. The van der Waals surface area contributed by atoms with E-state index in [4.69, 9.17) is 0 Å². The Hall–Kier alpha value is -1.87. The molecule has 2 aliphatic rings. The van der Waals surface area contributed by atoms with Crippen molar-refractivity contribution in [2.24, 2.45) is 5.41 Å². The summed E-state index contributed by atoms with van der Waals surface area (Å²) in [7, 11) is 0. The van der Waals surface area contributed by atoms with Gasteiger partial charge in [-0.15, -0.1) is 0 Å². The summed E-state index contributed by atoms with van der Waals surface area (Å²) >= 11 is 0. The molecule has 0 saturated carbocycles. The van der Waals surface area contributed by atoms with Gasteiger partial charge < -0.3 is 0 Å². The maximum absolute atomic E-state index is 4.60. The zero-order chi connectivity index (χ0) is 16.6. The van der Waals surface area contributed by atoms with Crippen LogP contribution in [0.5, 0.6) is 0 Å². The maximum Gasteiger partial charge on any atom is 0.0642 e. The average molecular weight is 321 g/mol. The topological polar surface area (TPSA) is 21.1 Å². The lowest BCUT2D eigenvalue weighted by Gasteiger charge is -2.41. The third-order valence-corrected chi connectivity index (χ3v) is 5.64. The zero-order valence-corrected chi connectivity index (χ0v) is 14.8. The summed E-state index contributed by atoms with van der Waals surface area (Å²) in [4.78, 5) is 2.60. The number of aromatic nitrogens is 2. The number of nitrogens with zero attached hydrogens (tertiary/aromatic N) is 3. The van der Waals surface area contributed by atoms with Crippen LogP contribution in [0.4, 0.5) is 0 Å². The van der Waals surface area contributed by atoms with Crippen molar-refractivity contribution in [1.82, 2.24) is 14.7 Å². The van der Waals surface area contributed by atoms with Gasteiger partial charge in [0.2, 0.25) is 0 Å². The largest absolute Gasteiger partial charge is 0.299 e. The number of piperidine rings is 1. The van der Waals surface area contributed by atoms with Gasteiger partial charge in [0.15, 0.2) is 0 Å². The summed E-state index contributed by atoms with van der Waals surface area (Å²) in [6.45, 7) is 7.86. The number of benzene rings is 1. The highest BCUT2D eigenvalue weighted by Crippen LogP contribution is 2.41. The van der Waals surface area contributed by atoms with Gasteiger partial charge in [0.1, 0.15) is 0 Å². The lowest BCUT2D eigenvalue weighted by atomic mass is 9.71. The number of hydrogen-bond acceptors (Lipinski definition) is 2. The van der Waals surface area contributed by atoms with E-state index in [0.717, 1.165) is 13.0 Å². The molecule has 24 heavy (non-hydrogen) atoms. The molecular formula is C21H27N3. The molecule has 1 aromatic heterocycles. The average Bonchev–Trinajstić information content (AvgIpc) is 3.01. The van der Waals surface area contributed by atoms with Crippen molar-refractivity contribution in [3.05, 3.63) is 59.4 Å². The minimum absolute atomic E-state index is 0.352. The van der Waals surface area contributed by atoms with E-state index in [-0.39, 0.29) is 0 Å². The summed E-state index contributed by atoms with van der Waals surface area (Å²) in [5, 5.41) is 4.60. The van der Waals surface area contributed by atoms with E-state index >= 15 is 0 Å². The van der Waals surface area contributed by atoms with Crippen LogP contribution in [0.3, 0.4) is 0 Å². The maximum atomic E-state index is 4.60. The van der Waals surface area contributed by atoms with Crippen molar-refractivity contribution in [3.63, 3.8) is 0 Å². The summed E-state index contributed by atoms with van der Waals surface area (Å²) in [6.07, 6.45) is 10.6. The van der Waals surface area contributed by atoms with Gasteiger partial charge >= 0.3 is 0 Å². The van der Waals surface area contributed by atoms with Crippen LogP contribution in [0.15, 0.2) is 42.6 Å². The first kappa shape index (κ1) is 15.6. The Morgan fingerprint density at radius 3 is 2.58 bits per heavy atom. The molecule has 0 unspecified atom stereocenters. The van der Waals surface area contributed by atoms with Gasteiger partial charge in [-0.1, -0.05) is 36.4 Å². The van der Waals surface area contributed by atoms with Gasteiger partial charge in [-0.3, -0.25) is 9.58 Å². The van der Waals surface area contributed by atoms with Crippen LogP contribution >= 0.6 is 0 Å². The Morgan fingerprint density at radius 2 is 1.88 bits per heavy atom. The van der Waals surface area contributed by atoms with Crippen molar-refractivity contribution in [1.29, 1.82) is 0 Å². The molecule has 3 heteroatoms. The van der Waals surface area contributed by atoms with Crippen LogP contribution in [-0.2, 0) is 13.0 Å². The fourth-order valence-electron chi connectivity index (χ4n) is 4.17. The van der Waals surface area contributed by atoms with Crippen molar-refractivity contribution in [2.45, 2.75) is 45.7 Å². The molecule has 1 saturated heterocycles. The quantitative estimate of drug-likeness (QED) is 0.839. The van der Waals surface area contributed by atoms with Gasteiger partial charge in [0, 0.05) is 12.6 Å². The van der Waals surface area contributed by atoms with Gasteiger partial charge in [-0.2, -0.15) is 5.10 Å². The van der Waals surface area contributed by atoms with E-state index in [0.29, 0.717) is 11.5 Å². The van der Waals surface area contributed by atoms with Crippen molar-refractivity contribution in [2.75, 3.05) is 13.1 Å². The third-order valence-electron chi connectivity index (χ3n) is 5.64. The zero-order valence-electron chi connectivity index (χ0n) is 14.8. The van der Waals surface area contributed by atoms with E-state index in [2.05, 4.69) is 77.2 Å². The lowest BCUT2D eigenvalue weighted by molar-refractivity contribution is 0.133. The molecule has 1 spiro atoms. The minimum atomic E-state index is 0.352. The minimum Gasteiger partial charge on any atom is -0.299 e. The van der Waals surface area contributed by atoms with Gasteiger partial charge in [-0.25, -0.2) is 0 Å². The highest BCUT2D eigenvalue weighted by atomic mass is 15.3. The standard InChI is InChI=1S/C21H27N3/c1-17(2)24-20-8-9-21(14-19(20)15-22-24)10-12-23(13-11-21)16-18-6-4-3-5-7-18/h3-9,15,17H,10-14,16H2,1-2H3.